The fraction of sp³-hybridized carbons (Fsp3) is 0.286. The number of carboxylic acid groups (broad SMARTS) is 1. The molecule has 33 heavy (non-hydrogen) atoms. The third kappa shape index (κ3) is 4.11. The van der Waals surface area contributed by atoms with Crippen molar-refractivity contribution < 1.29 is 19.4 Å². The van der Waals surface area contributed by atoms with Crippen molar-refractivity contribution in [2.75, 3.05) is 13.2 Å². The molecule has 1 amide bonds. The zero-order valence-corrected chi connectivity index (χ0v) is 19.5. The van der Waals surface area contributed by atoms with E-state index in [1.54, 1.807) is 6.92 Å². The van der Waals surface area contributed by atoms with Crippen molar-refractivity contribution in [1.29, 1.82) is 0 Å². The molecular formula is C28H29NO4. The van der Waals surface area contributed by atoms with E-state index in [1.807, 2.05) is 57.2 Å². The van der Waals surface area contributed by atoms with E-state index in [2.05, 4.69) is 24.3 Å². The van der Waals surface area contributed by atoms with E-state index >= 15 is 0 Å². The highest BCUT2D eigenvalue weighted by Crippen LogP contribution is 2.44. The van der Waals surface area contributed by atoms with Gasteiger partial charge in [0.05, 0.1) is 0 Å². The summed E-state index contributed by atoms with van der Waals surface area (Å²) in [6, 6.07) is 19.0. The number of carbonyl (C=O) groups excluding carboxylic acids is 1. The Morgan fingerprint density at radius 1 is 0.909 bits per heavy atom. The Bertz CT molecular complexity index is 1170. The number of carbonyl (C=O) groups is 2. The van der Waals surface area contributed by atoms with Gasteiger partial charge in [0.15, 0.2) is 6.04 Å². The lowest BCUT2D eigenvalue weighted by Gasteiger charge is -2.29. The van der Waals surface area contributed by atoms with E-state index in [9.17, 15) is 14.7 Å². The van der Waals surface area contributed by atoms with E-state index in [1.165, 1.54) is 4.90 Å². The van der Waals surface area contributed by atoms with Crippen molar-refractivity contribution >= 4 is 12.1 Å². The molecule has 5 heteroatoms. The van der Waals surface area contributed by atoms with Crippen molar-refractivity contribution in [3.63, 3.8) is 0 Å². The third-order valence-electron chi connectivity index (χ3n) is 6.63. The van der Waals surface area contributed by atoms with E-state index in [4.69, 9.17) is 4.74 Å². The lowest BCUT2D eigenvalue weighted by molar-refractivity contribution is -0.143. The van der Waals surface area contributed by atoms with Crippen molar-refractivity contribution in [3.05, 3.63) is 94.0 Å². The Hall–Kier alpha value is -3.60. The highest BCUT2D eigenvalue weighted by Gasteiger charge is 2.34. The number of carboxylic acids is 1. The number of amides is 1. The minimum Gasteiger partial charge on any atom is -0.479 e. The van der Waals surface area contributed by atoms with Crippen LogP contribution in [0.25, 0.3) is 11.1 Å². The van der Waals surface area contributed by atoms with Crippen LogP contribution in [-0.4, -0.2) is 35.2 Å². The van der Waals surface area contributed by atoms with Crippen LogP contribution >= 0.6 is 0 Å². The SMILES string of the molecule is CCN(C(=O)OCC1c2ccccc2-c2ccccc21)C(C(=O)O)c1cc(C)c(C)cc1C. The van der Waals surface area contributed by atoms with Gasteiger partial charge >= 0.3 is 12.1 Å². The summed E-state index contributed by atoms with van der Waals surface area (Å²) in [7, 11) is 0. The van der Waals surface area contributed by atoms with Gasteiger partial charge in [0.2, 0.25) is 0 Å². The molecule has 1 atom stereocenters. The van der Waals surface area contributed by atoms with Gasteiger partial charge in [-0.1, -0.05) is 60.7 Å². The molecule has 0 saturated heterocycles. The quantitative estimate of drug-likeness (QED) is 0.507. The topological polar surface area (TPSA) is 66.8 Å². The zero-order valence-electron chi connectivity index (χ0n) is 19.5. The van der Waals surface area contributed by atoms with Gasteiger partial charge in [0, 0.05) is 12.5 Å². The Kier molecular flexibility index (Phi) is 6.23. The maximum Gasteiger partial charge on any atom is 0.410 e. The molecule has 3 aromatic rings. The van der Waals surface area contributed by atoms with Crippen molar-refractivity contribution in [2.24, 2.45) is 0 Å². The first-order chi connectivity index (χ1) is 15.8. The number of hydrogen-bond donors (Lipinski definition) is 1. The summed E-state index contributed by atoms with van der Waals surface area (Å²) in [5.41, 5.74) is 8.07. The van der Waals surface area contributed by atoms with Crippen molar-refractivity contribution in [3.8, 4) is 11.1 Å². The van der Waals surface area contributed by atoms with Crippen LogP contribution in [0.1, 0.15) is 52.3 Å². The number of ether oxygens (including phenoxy) is 1. The van der Waals surface area contributed by atoms with Gasteiger partial charge in [0.25, 0.3) is 0 Å². The van der Waals surface area contributed by atoms with Crippen LogP contribution in [-0.2, 0) is 9.53 Å². The highest BCUT2D eigenvalue weighted by molar-refractivity contribution is 5.82. The molecule has 1 unspecified atom stereocenters. The van der Waals surface area contributed by atoms with Gasteiger partial charge < -0.3 is 9.84 Å². The van der Waals surface area contributed by atoms with Gasteiger partial charge in [-0.2, -0.15) is 0 Å². The van der Waals surface area contributed by atoms with Gasteiger partial charge in [-0.25, -0.2) is 9.59 Å². The molecule has 0 aromatic heterocycles. The molecule has 5 nitrogen and oxygen atoms in total. The highest BCUT2D eigenvalue weighted by atomic mass is 16.6. The Morgan fingerprint density at radius 3 is 2.00 bits per heavy atom. The van der Waals surface area contributed by atoms with Crippen LogP contribution < -0.4 is 0 Å². The molecule has 0 spiro atoms. The van der Waals surface area contributed by atoms with E-state index in [0.717, 1.165) is 38.9 Å². The molecule has 0 radical (unpaired) electrons. The van der Waals surface area contributed by atoms with Gasteiger partial charge in [-0.15, -0.1) is 0 Å². The van der Waals surface area contributed by atoms with Crippen molar-refractivity contribution in [1.82, 2.24) is 4.90 Å². The van der Waals surface area contributed by atoms with Gasteiger partial charge in [0.1, 0.15) is 6.61 Å². The van der Waals surface area contributed by atoms with Crippen LogP contribution in [0.4, 0.5) is 4.79 Å². The molecule has 0 heterocycles. The molecule has 170 valence electrons. The fourth-order valence-electron chi connectivity index (χ4n) is 4.81. The van der Waals surface area contributed by atoms with Crippen molar-refractivity contribution in [2.45, 2.75) is 39.7 Å². The number of benzene rings is 3. The monoisotopic (exact) mass is 443 g/mol. The molecule has 0 fully saturated rings. The van der Waals surface area contributed by atoms with E-state index < -0.39 is 18.1 Å². The maximum atomic E-state index is 13.2. The minimum atomic E-state index is -1.11. The first kappa shape index (κ1) is 22.6. The van der Waals surface area contributed by atoms with Crippen LogP contribution in [0.5, 0.6) is 0 Å². The molecule has 1 aliphatic rings. The molecule has 0 aliphatic heterocycles. The lowest BCUT2D eigenvalue weighted by atomic mass is 9.95. The molecule has 4 rings (SSSR count). The number of fused-ring (bicyclic) bond motifs is 3. The van der Waals surface area contributed by atoms with Crippen LogP contribution in [0.2, 0.25) is 0 Å². The molecule has 3 aromatic carbocycles. The number of nitrogens with zero attached hydrogens (tertiary/aromatic N) is 1. The lowest BCUT2D eigenvalue weighted by Crippen LogP contribution is -2.40. The molecule has 0 saturated carbocycles. The second-order valence-electron chi connectivity index (χ2n) is 8.62. The number of likely N-dealkylation sites (N-methyl/N-ethyl adjacent to an activating group) is 1. The normalized spacial score (nSPS) is 13.2. The number of rotatable bonds is 6. The predicted octanol–water partition coefficient (Wildman–Crippen LogP) is 6.01. The third-order valence-corrected chi connectivity index (χ3v) is 6.63. The van der Waals surface area contributed by atoms with Gasteiger partial charge in [-0.05, 0) is 72.2 Å². The molecule has 0 bridgehead atoms. The minimum absolute atomic E-state index is 0.0771. The zero-order chi connectivity index (χ0) is 23.7. The summed E-state index contributed by atoms with van der Waals surface area (Å²) >= 11 is 0. The first-order valence-corrected chi connectivity index (χ1v) is 11.3. The molecule has 1 aliphatic carbocycles. The average Bonchev–Trinajstić information content (AvgIpc) is 3.12. The van der Waals surface area contributed by atoms with Crippen LogP contribution in [0.3, 0.4) is 0 Å². The summed E-state index contributed by atoms with van der Waals surface area (Å²) < 4.78 is 5.76. The van der Waals surface area contributed by atoms with Gasteiger partial charge in [-0.3, -0.25) is 4.90 Å². The fourth-order valence-corrected chi connectivity index (χ4v) is 4.81. The summed E-state index contributed by atoms with van der Waals surface area (Å²) in [6.07, 6.45) is -0.621. The molecule has 1 N–H and O–H groups in total. The Labute approximate surface area is 194 Å². The average molecular weight is 444 g/mol. The first-order valence-electron chi connectivity index (χ1n) is 11.3. The largest absolute Gasteiger partial charge is 0.479 e. The predicted molar refractivity (Wildman–Crippen MR) is 128 cm³/mol. The number of hydrogen-bond acceptors (Lipinski definition) is 3. The number of aliphatic carboxylic acids is 1. The maximum absolute atomic E-state index is 13.2. The standard InChI is InChI=1S/C28H29NO4/c1-5-29(26(27(30)31)24-15-18(3)17(2)14-19(24)4)28(32)33-16-25-22-12-8-6-10-20(22)21-11-7-9-13-23(21)25/h6-15,25-26H,5,16H2,1-4H3,(H,30,31). The summed E-state index contributed by atoms with van der Waals surface area (Å²) in [6.45, 7) is 7.96. The Balaban J connectivity index is 1.60. The smallest absolute Gasteiger partial charge is 0.410 e. The summed E-state index contributed by atoms with van der Waals surface area (Å²) in [5.74, 6) is -1.15. The second-order valence-corrected chi connectivity index (χ2v) is 8.62. The van der Waals surface area contributed by atoms with E-state index in [0.29, 0.717) is 5.56 Å². The Morgan fingerprint density at radius 2 is 1.45 bits per heavy atom. The summed E-state index contributed by atoms with van der Waals surface area (Å²) in [5, 5.41) is 10.1. The molecular weight excluding hydrogens is 414 g/mol. The van der Waals surface area contributed by atoms with Crippen LogP contribution in [0, 0.1) is 20.8 Å². The second kappa shape index (κ2) is 9.10. The van der Waals surface area contributed by atoms with E-state index in [-0.39, 0.29) is 19.1 Å². The van der Waals surface area contributed by atoms with Crippen LogP contribution in [0.15, 0.2) is 60.7 Å². The summed E-state index contributed by atoms with van der Waals surface area (Å²) in [4.78, 5) is 26.8. The number of aryl methyl sites for hydroxylation is 3.